The molecule has 0 heterocycles. The Labute approximate surface area is 111 Å². The quantitative estimate of drug-likeness (QED) is 0.840. The Morgan fingerprint density at radius 3 is 2.53 bits per heavy atom. The largest absolute Gasteiger partial charge is 0.415 e. The fraction of sp³-hybridized carbons (Fsp3) is 0.267. The van der Waals surface area contributed by atoms with Gasteiger partial charge in [0.15, 0.2) is 11.6 Å². The number of fused-ring (bicyclic) bond motifs is 1. The second-order valence-corrected chi connectivity index (χ2v) is 4.14. The van der Waals surface area contributed by atoms with Crippen LogP contribution in [0.2, 0.25) is 0 Å². The first-order valence-corrected chi connectivity index (χ1v) is 6.31. The van der Waals surface area contributed by atoms with E-state index in [2.05, 4.69) is 0 Å². The lowest BCUT2D eigenvalue weighted by molar-refractivity contribution is 0.156. The Morgan fingerprint density at radius 1 is 1.16 bits per heavy atom. The number of nitrogens with zero attached hydrogens (tertiary/aromatic N) is 1. The lowest BCUT2D eigenvalue weighted by Crippen LogP contribution is -2.33. The minimum absolute atomic E-state index is 0.00463. The van der Waals surface area contributed by atoms with Gasteiger partial charge in [0.2, 0.25) is 0 Å². The molecule has 3 nitrogen and oxygen atoms in total. The molecule has 2 aromatic rings. The van der Waals surface area contributed by atoms with E-state index in [4.69, 9.17) is 4.74 Å². The normalized spacial score (nSPS) is 10.5. The summed E-state index contributed by atoms with van der Waals surface area (Å²) in [6.07, 6.45) is -0.528. The highest BCUT2D eigenvalue weighted by molar-refractivity contribution is 5.90. The summed E-state index contributed by atoms with van der Waals surface area (Å²) < 4.78 is 19.1. The molecule has 0 bridgehead atoms. The molecule has 1 amide bonds. The van der Waals surface area contributed by atoms with Gasteiger partial charge in [-0.15, -0.1) is 0 Å². The molecule has 0 fully saturated rings. The minimum Gasteiger partial charge on any atom is -0.406 e. The zero-order chi connectivity index (χ0) is 13.8. The molecule has 2 aromatic carbocycles. The molecule has 0 saturated carbocycles. The van der Waals surface area contributed by atoms with Gasteiger partial charge in [0.25, 0.3) is 0 Å². The van der Waals surface area contributed by atoms with Gasteiger partial charge in [-0.1, -0.05) is 30.3 Å². The molecule has 0 spiro atoms. The van der Waals surface area contributed by atoms with E-state index in [9.17, 15) is 9.18 Å². The molecule has 100 valence electrons. The Balaban J connectivity index is 2.39. The van der Waals surface area contributed by atoms with E-state index in [1.54, 1.807) is 18.2 Å². The molecule has 2 rings (SSSR count). The van der Waals surface area contributed by atoms with Crippen LogP contribution >= 0.6 is 0 Å². The van der Waals surface area contributed by atoms with Gasteiger partial charge in [-0.25, -0.2) is 9.18 Å². The first kappa shape index (κ1) is 13.3. The van der Waals surface area contributed by atoms with E-state index in [1.165, 1.54) is 11.0 Å². The molecular formula is C15H16FNO2. The van der Waals surface area contributed by atoms with Crippen molar-refractivity contribution in [2.24, 2.45) is 0 Å². The van der Waals surface area contributed by atoms with Crippen LogP contribution in [-0.2, 0) is 0 Å². The van der Waals surface area contributed by atoms with Crippen LogP contribution in [0.25, 0.3) is 10.8 Å². The number of benzene rings is 2. The van der Waals surface area contributed by atoms with Crippen molar-refractivity contribution in [3.05, 3.63) is 42.2 Å². The van der Waals surface area contributed by atoms with Crippen LogP contribution in [0, 0.1) is 5.82 Å². The number of carbonyl (C=O) groups excluding carboxylic acids is 1. The van der Waals surface area contributed by atoms with Crippen LogP contribution in [0.4, 0.5) is 9.18 Å². The van der Waals surface area contributed by atoms with Gasteiger partial charge < -0.3 is 9.64 Å². The van der Waals surface area contributed by atoms with Crippen LogP contribution in [-0.4, -0.2) is 24.1 Å². The van der Waals surface area contributed by atoms with Crippen molar-refractivity contribution in [3.8, 4) is 5.75 Å². The van der Waals surface area contributed by atoms with E-state index in [1.807, 2.05) is 26.0 Å². The van der Waals surface area contributed by atoms with Crippen molar-refractivity contribution in [3.63, 3.8) is 0 Å². The summed E-state index contributed by atoms with van der Waals surface area (Å²) in [4.78, 5) is 13.4. The molecule has 0 aliphatic carbocycles. The first-order valence-electron chi connectivity index (χ1n) is 6.31. The van der Waals surface area contributed by atoms with Crippen molar-refractivity contribution in [1.29, 1.82) is 0 Å². The summed E-state index contributed by atoms with van der Waals surface area (Å²) in [5.41, 5.74) is 0. The molecular weight excluding hydrogens is 245 g/mol. The van der Waals surface area contributed by atoms with E-state index in [0.717, 1.165) is 5.39 Å². The van der Waals surface area contributed by atoms with Crippen molar-refractivity contribution in [2.75, 3.05) is 13.1 Å². The summed E-state index contributed by atoms with van der Waals surface area (Å²) >= 11 is 0. The molecule has 0 N–H and O–H groups in total. The maximum Gasteiger partial charge on any atom is 0.415 e. The van der Waals surface area contributed by atoms with Crippen molar-refractivity contribution < 1.29 is 13.9 Å². The molecule has 4 heteroatoms. The minimum atomic E-state index is -0.529. The van der Waals surface area contributed by atoms with E-state index < -0.39 is 11.9 Å². The van der Waals surface area contributed by atoms with E-state index in [0.29, 0.717) is 18.5 Å². The van der Waals surface area contributed by atoms with Gasteiger partial charge in [-0.05, 0) is 25.3 Å². The molecule has 0 atom stereocenters. The summed E-state index contributed by atoms with van der Waals surface area (Å²) in [6.45, 7) is 4.76. The van der Waals surface area contributed by atoms with Gasteiger partial charge >= 0.3 is 6.09 Å². The van der Waals surface area contributed by atoms with Gasteiger partial charge in [0, 0.05) is 18.5 Å². The van der Waals surface area contributed by atoms with Gasteiger partial charge in [-0.2, -0.15) is 0 Å². The predicted octanol–water partition coefficient (Wildman–Crippen LogP) is 3.82. The van der Waals surface area contributed by atoms with E-state index in [-0.39, 0.29) is 5.75 Å². The number of hydrogen-bond donors (Lipinski definition) is 0. The van der Waals surface area contributed by atoms with Crippen LogP contribution in [0.1, 0.15) is 13.8 Å². The van der Waals surface area contributed by atoms with Crippen molar-refractivity contribution in [1.82, 2.24) is 4.90 Å². The lowest BCUT2D eigenvalue weighted by Gasteiger charge is -2.18. The maximum atomic E-state index is 13.9. The SMILES string of the molecule is CCN(CC)C(=O)Oc1c(F)ccc2ccccc12. The topological polar surface area (TPSA) is 29.5 Å². The lowest BCUT2D eigenvalue weighted by atomic mass is 10.1. The van der Waals surface area contributed by atoms with Crippen molar-refractivity contribution in [2.45, 2.75) is 13.8 Å². The van der Waals surface area contributed by atoms with Crippen LogP contribution < -0.4 is 4.74 Å². The Bertz CT molecular complexity index is 594. The summed E-state index contributed by atoms with van der Waals surface area (Å²) in [6, 6.07) is 10.2. The highest BCUT2D eigenvalue weighted by Gasteiger charge is 2.16. The number of carbonyl (C=O) groups is 1. The average Bonchev–Trinajstić information content (AvgIpc) is 2.43. The van der Waals surface area contributed by atoms with Gasteiger partial charge in [0.05, 0.1) is 0 Å². The van der Waals surface area contributed by atoms with Crippen LogP contribution in [0.3, 0.4) is 0 Å². The zero-order valence-electron chi connectivity index (χ0n) is 11.0. The third kappa shape index (κ3) is 2.67. The molecule has 19 heavy (non-hydrogen) atoms. The molecule has 0 aliphatic heterocycles. The van der Waals surface area contributed by atoms with Gasteiger partial charge in [0.1, 0.15) is 0 Å². The van der Waals surface area contributed by atoms with Gasteiger partial charge in [-0.3, -0.25) is 0 Å². The Morgan fingerprint density at radius 2 is 1.84 bits per heavy atom. The Hall–Kier alpha value is -2.10. The molecule has 0 saturated heterocycles. The summed E-state index contributed by atoms with van der Waals surface area (Å²) in [5.74, 6) is -0.533. The second kappa shape index (κ2) is 5.69. The molecule has 0 radical (unpaired) electrons. The fourth-order valence-electron chi connectivity index (χ4n) is 1.95. The van der Waals surface area contributed by atoms with Crippen molar-refractivity contribution >= 4 is 16.9 Å². The summed E-state index contributed by atoms with van der Waals surface area (Å²) in [5, 5.41) is 1.44. The third-order valence-corrected chi connectivity index (χ3v) is 3.04. The number of ether oxygens (including phenoxy) is 1. The average molecular weight is 261 g/mol. The summed E-state index contributed by atoms with van der Waals surface area (Å²) in [7, 11) is 0. The van der Waals surface area contributed by atoms with E-state index >= 15 is 0 Å². The third-order valence-electron chi connectivity index (χ3n) is 3.04. The van der Waals surface area contributed by atoms with Crippen LogP contribution in [0.15, 0.2) is 36.4 Å². The smallest absolute Gasteiger partial charge is 0.406 e. The molecule has 0 aliphatic rings. The number of amides is 1. The zero-order valence-corrected chi connectivity index (χ0v) is 11.0. The van der Waals surface area contributed by atoms with Crippen LogP contribution in [0.5, 0.6) is 5.75 Å². The second-order valence-electron chi connectivity index (χ2n) is 4.14. The predicted molar refractivity (Wildman–Crippen MR) is 72.9 cm³/mol. The molecule has 0 unspecified atom stereocenters. The maximum absolute atomic E-state index is 13.9. The first-order chi connectivity index (χ1) is 9.17. The fourth-order valence-corrected chi connectivity index (χ4v) is 1.95. The highest BCUT2D eigenvalue weighted by atomic mass is 19.1. The Kier molecular flexibility index (Phi) is 4.00. The molecule has 0 aromatic heterocycles. The number of hydrogen-bond acceptors (Lipinski definition) is 2. The monoisotopic (exact) mass is 261 g/mol. The number of rotatable bonds is 3. The highest BCUT2D eigenvalue weighted by Crippen LogP contribution is 2.29. The standard InChI is InChI=1S/C15H16FNO2/c1-3-17(4-2)15(18)19-14-12-8-6-5-7-11(12)9-10-13(14)16/h5-10H,3-4H2,1-2H3. The number of halogens is 1.